The zero-order valence-electron chi connectivity index (χ0n) is 12.4. The fourth-order valence-electron chi connectivity index (χ4n) is 1.85. The van der Waals surface area contributed by atoms with Gasteiger partial charge in [0.2, 0.25) is 5.95 Å². The van der Waals surface area contributed by atoms with Gasteiger partial charge in [0, 0.05) is 32.4 Å². The summed E-state index contributed by atoms with van der Waals surface area (Å²) in [5, 5.41) is 9.07. The topological polar surface area (TPSA) is 74.2 Å². The third-order valence-corrected chi connectivity index (χ3v) is 3.30. The molecule has 1 aromatic heterocycles. The molecular formula is C13H19F3N6. The number of nitrogens with zero attached hydrogens (tertiary/aromatic N) is 3. The smallest absolute Gasteiger partial charge is 0.355 e. The molecule has 1 aliphatic rings. The Hall–Kier alpha value is -2.06. The van der Waals surface area contributed by atoms with E-state index in [0.717, 1.165) is 18.7 Å². The average molecular weight is 316 g/mol. The third-order valence-electron chi connectivity index (χ3n) is 3.30. The van der Waals surface area contributed by atoms with Crippen LogP contribution in [-0.4, -0.2) is 42.1 Å². The standard InChI is InChI=1S/C13H19F3N6/c1-8-7-9(8)21-11(17-2)19-5-6-20-12-18-4-3-10(22-12)13(14,15)16/h3-4,8-9H,5-7H2,1-2H3,(H2,17,19,21)(H,18,20,22). The Labute approximate surface area is 126 Å². The fraction of sp³-hybridized carbons (Fsp3) is 0.615. The Morgan fingerprint density at radius 3 is 2.73 bits per heavy atom. The number of alkyl halides is 3. The number of guanidine groups is 1. The Balaban J connectivity index is 1.74. The number of hydrogen-bond acceptors (Lipinski definition) is 4. The van der Waals surface area contributed by atoms with Crippen molar-refractivity contribution < 1.29 is 13.2 Å². The highest BCUT2D eigenvalue weighted by Gasteiger charge is 2.33. The summed E-state index contributed by atoms with van der Waals surface area (Å²) in [6.07, 6.45) is -2.26. The van der Waals surface area contributed by atoms with Crippen LogP contribution in [-0.2, 0) is 6.18 Å². The lowest BCUT2D eigenvalue weighted by atomic mass is 10.4. The van der Waals surface area contributed by atoms with Crippen LogP contribution >= 0.6 is 0 Å². The van der Waals surface area contributed by atoms with Gasteiger partial charge in [-0.25, -0.2) is 9.97 Å². The molecule has 1 heterocycles. The van der Waals surface area contributed by atoms with E-state index in [2.05, 4.69) is 37.8 Å². The highest BCUT2D eigenvalue weighted by molar-refractivity contribution is 5.80. The Morgan fingerprint density at radius 2 is 2.14 bits per heavy atom. The van der Waals surface area contributed by atoms with Gasteiger partial charge >= 0.3 is 6.18 Å². The molecular weight excluding hydrogens is 297 g/mol. The first-order chi connectivity index (χ1) is 10.4. The van der Waals surface area contributed by atoms with Crippen LogP contribution < -0.4 is 16.0 Å². The van der Waals surface area contributed by atoms with Crippen LogP contribution in [0.1, 0.15) is 19.0 Å². The van der Waals surface area contributed by atoms with E-state index >= 15 is 0 Å². The molecule has 0 bridgehead atoms. The van der Waals surface area contributed by atoms with Crippen molar-refractivity contribution in [2.75, 3.05) is 25.5 Å². The predicted molar refractivity (Wildman–Crippen MR) is 77.6 cm³/mol. The fourth-order valence-corrected chi connectivity index (χ4v) is 1.85. The lowest BCUT2D eigenvalue weighted by Gasteiger charge is -2.12. The minimum Gasteiger partial charge on any atom is -0.355 e. The van der Waals surface area contributed by atoms with Crippen molar-refractivity contribution in [3.8, 4) is 0 Å². The molecule has 1 fully saturated rings. The van der Waals surface area contributed by atoms with Crippen LogP contribution in [0.3, 0.4) is 0 Å². The molecule has 6 nitrogen and oxygen atoms in total. The van der Waals surface area contributed by atoms with Crippen LogP contribution in [0.15, 0.2) is 17.3 Å². The van der Waals surface area contributed by atoms with Gasteiger partial charge in [0.05, 0.1) is 0 Å². The van der Waals surface area contributed by atoms with Gasteiger partial charge in [-0.1, -0.05) is 6.92 Å². The number of rotatable bonds is 5. The minimum absolute atomic E-state index is 0.0459. The van der Waals surface area contributed by atoms with E-state index in [9.17, 15) is 13.2 Å². The first-order valence-corrected chi connectivity index (χ1v) is 7.01. The molecule has 9 heteroatoms. The summed E-state index contributed by atoms with van der Waals surface area (Å²) in [4.78, 5) is 11.3. The molecule has 0 spiro atoms. The van der Waals surface area contributed by atoms with E-state index in [1.54, 1.807) is 7.05 Å². The lowest BCUT2D eigenvalue weighted by Crippen LogP contribution is -2.41. The SMILES string of the molecule is CN=C(NCCNc1nccc(C(F)(F)F)n1)NC1CC1C. The van der Waals surface area contributed by atoms with Gasteiger partial charge in [-0.3, -0.25) is 4.99 Å². The first kappa shape index (κ1) is 16.3. The summed E-state index contributed by atoms with van der Waals surface area (Å²) in [6.45, 7) is 3.01. The normalized spacial score (nSPS) is 21.4. The molecule has 1 aliphatic carbocycles. The van der Waals surface area contributed by atoms with Gasteiger partial charge in [-0.2, -0.15) is 13.2 Å². The van der Waals surface area contributed by atoms with Crippen LogP contribution in [0.5, 0.6) is 0 Å². The molecule has 1 saturated carbocycles. The largest absolute Gasteiger partial charge is 0.433 e. The Morgan fingerprint density at radius 1 is 1.41 bits per heavy atom. The predicted octanol–water partition coefficient (Wildman–Crippen LogP) is 1.48. The maximum absolute atomic E-state index is 12.5. The van der Waals surface area contributed by atoms with Crippen LogP contribution in [0.2, 0.25) is 0 Å². The lowest BCUT2D eigenvalue weighted by molar-refractivity contribution is -0.141. The van der Waals surface area contributed by atoms with Crippen molar-refractivity contribution in [2.24, 2.45) is 10.9 Å². The molecule has 2 rings (SSSR count). The van der Waals surface area contributed by atoms with E-state index in [-0.39, 0.29) is 5.95 Å². The van der Waals surface area contributed by atoms with E-state index < -0.39 is 11.9 Å². The maximum atomic E-state index is 12.5. The molecule has 0 saturated heterocycles. The van der Waals surface area contributed by atoms with Gasteiger partial charge in [-0.15, -0.1) is 0 Å². The second-order valence-corrected chi connectivity index (χ2v) is 5.15. The van der Waals surface area contributed by atoms with E-state index in [1.165, 1.54) is 0 Å². The van der Waals surface area contributed by atoms with Gasteiger partial charge in [0.15, 0.2) is 5.96 Å². The van der Waals surface area contributed by atoms with Gasteiger partial charge in [-0.05, 0) is 18.4 Å². The molecule has 1 aromatic rings. The summed E-state index contributed by atoms with van der Waals surface area (Å²) < 4.78 is 37.5. The van der Waals surface area contributed by atoms with E-state index in [1.807, 2.05) is 0 Å². The second-order valence-electron chi connectivity index (χ2n) is 5.15. The number of anilines is 1. The number of aromatic nitrogens is 2. The summed E-state index contributed by atoms with van der Waals surface area (Å²) in [7, 11) is 1.67. The average Bonchev–Trinajstić information content (AvgIpc) is 3.17. The van der Waals surface area contributed by atoms with Crippen LogP contribution in [0, 0.1) is 5.92 Å². The molecule has 0 aromatic carbocycles. The third kappa shape index (κ3) is 4.74. The van der Waals surface area contributed by atoms with Crippen molar-refractivity contribution in [1.29, 1.82) is 0 Å². The van der Waals surface area contributed by atoms with Crippen molar-refractivity contribution in [1.82, 2.24) is 20.6 Å². The van der Waals surface area contributed by atoms with Crippen molar-refractivity contribution in [3.63, 3.8) is 0 Å². The quantitative estimate of drug-likeness (QED) is 0.436. The Bertz CT molecular complexity index is 531. The summed E-state index contributed by atoms with van der Waals surface area (Å²) in [5.41, 5.74) is -0.960. The summed E-state index contributed by atoms with van der Waals surface area (Å²) in [5.74, 6) is 1.28. The Kier molecular flexibility index (Phi) is 5.04. The molecule has 0 aliphatic heterocycles. The molecule has 0 radical (unpaired) electrons. The molecule has 3 N–H and O–H groups in total. The number of aliphatic imine (C=N–C) groups is 1. The highest BCUT2D eigenvalue weighted by atomic mass is 19.4. The summed E-state index contributed by atoms with van der Waals surface area (Å²) >= 11 is 0. The molecule has 0 amide bonds. The monoisotopic (exact) mass is 316 g/mol. The highest BCUT2D eigenvalue weighted by Crippen LogP contribution is 2.28. The number of halogens is 3. The first-order valence-electron chi connectivity index (χ1n) is 7.01. The van der Waals surface area contributed by atoms with Gasteiger partial charge in [0.25, 0.3) is 0 Å². The van der Waals surface area contributed by atoms with E-state index in [0.29, 0.717) is 31.0 Å². The number of nitrogens with one attached hydrogen (secondary N) is 3. The molecule has 2 unspecified atom stereocenters. The zero-order chi connectivity index (χ0) is 16.2. The second kappa shape index (κ2) is 6.80. The van der Waals surface area contributed by atoms with Crippen molar-refractivity contribution >= 4 is 11.9 Å². The molecule has 2 atom stereocenters. The van der Waals surface area contributed by atoms with Crippen LogP contribution in [0.4, 0.5) is 19.1 Å². The van der Waals surface area contributed by atoms with Crippen molar-refractivity contribution in [3.05, 3.63) is 18.0 Å². The molecule has 22 heavy (non-hydrogen) atoms. The van der Waals surface area contributed by atoms with Gasteiger partial charge in [0.1, 0.15) is 5.69 Å². The van der Waals surface area contributed by atoms with Gasteiger partial charge < -0.3 is 16.0 Å². The maximum Gasteiger partial charge on any atom is 0.433 e. The van der Waals surface area contributed by atoms with Crippen molar-refractivity contribution in [2.45, 2.75) is 25.6 Å². The van der Waals surface area contributed by atoms with E-state index in [4.69, 9.17) is 0 Å². The summed E-state index contributed by atoms with van der Waals surface area (Å²) in [6, 6.07) is 1.29. The minimum atomic E-state index is -4.47. The number of hydrogen-bond donors (Lipinski definition) is 3. The van der Waals surface area contributed by atoms with Crippen LogP contribution in [0.25, 0.3) is 0 Å². The zero-order valence-corrected chi connectivity index (χ0v) is 12.4. The molecule has 122 valence electrons.